The van der Waals surface area contributed by atoms with Gasteiger partial charge in [0.25, 0.3) is 5.91 Å². The molecule has 1 saturated heterocycles. The minimum atomic E-state index is -0.582. The molecular formula is C24H27BrCl2N2O3. The minimum absolute atomic E-state index is 0.0710. The average molecular weight is 542 g/mol. The number of rotatable bonds is 3. The monoisotopic (exact) mass is 540 g/mol. The van der Waals surface area contributed by atoms with E-state index in [-0.39, 0.29) is 24.0 Å². The van der Waals surface area contributed by atoms with Crippen LogP contribution in [0.25, 0.3) is 0 Å². The fourth-order valence-electron chi connectivity index (χ4n) is 3.91. The Morgan fingerprint density at radius 2 is 1.75 bits per heavy atom. The predicted molar refractivity (Wildman–Crippen MR) is 132 cm³/mol. The molecule has 0 unspecified atom stereocenters. The van der Waals surface area contributed by atoms with Crippen molar-refractivity contribution in [3.8, 4) is 0 Å². The second kappa shape index (κ2) is 10.0. The molecule has 0 spiro atoms. The van der Waals surface area contributed by atoms with Crippen LogP contribution in [-0.2, 0) is 4.74 Å². The first-order valence-electron chi connectivity index (χ1n) is 10.4. The van der Waals surface area contributed by atoms with Crippen LogP contribution in [0.15, 0.2) is 46.9 Å². The van der Waals surface area contributed by atoms with Crippen LogP contribution < -0.4 is 0 Å². The lowest BCUT2D eigenvalue weighted by molar-refractivity contribution is 0.0124. The summed E-state index contributed by atoms with van der Waals surface area (Å²) in [6.07, 6.45) is 0.256. The Bertz CT molecular complexity index is 992. The quantitative estimate of drug-likeness (QED) is 0.438. The van der Waals surface area contributed by atoms with Gasteiger partial charge in [0, 0.05) is 42.1 Å². The summed E-state index contributed by atoms with van der Waals surface area (Å²) in [5.41, 5.74) is 0.952. The molecule has 172 valence electrons. The van der Waals surface area contributed by atoms with Crippen LogP contribution in [0, 0.1) is 0 Å². The van der Waals surface area contributed by atoms with E-state index in [0.29, 0.717) is 35.1 Å². The van der Waals surface area contributed by atoms with Crippen LogP contribution in [0.5, 0.6) is 0 Å². The average Bonchev–Trinajstić information content (AvgIpc) is 2.73. The molecule has 2 aromatic rings. The minimum Gasteiger partial charge on any atom is -0.444 e. The second-order valence-electron chi connectivity index (χ2n) is 8.99. The van der Waals surface area contributed by atoms with Crippen molar-refractivity contribution in [1.82, 2.24) is 9.80 Å². The highest BCUT2D eigenvalue weighted by Gasteiger charge is 2.38. The number of likely N-dealkylation sites (tertiary alicyclic amines) is 1. The number of hydrogen-bond donors (Lipinski definition) is 0. The van der Waals surface area contributed by atoms with Crippen molar-refractivity contribution in [2.45, 2.75) is 44.8 Å². The largest absolute Gasteiger partial charge is 0.444 e. The number of hydrogen-bond acceptors (Lipinski definition) is 3. The molecule has 2 amide bonds. The highest BCUT2D eigenvalue weighted by molar-refractivity contribution is 9.10. The van der Waals surface area contributed by atoms with Gasteiger partial charge in [-0.2, -0.15) is 0 Å². The summed E-state index contributed by atoms with van der Waals surface area (Å²) in [5, 5.41) is 0.908. The maximum atomic E-state index is 13.2. The normalized spacial score (nSPS) is 18.9. The van der Waals surface area contributed by atoms with Crippen LogP contribution in [0.3, 0.4) is 0 Å². The molecule has 1 heterocycles. The highest BCUT2D eigenvalue weighted by atomic mass is 79.9. The van der Waals surface area contributed by atoms with E-state index >= 15 is 0 Å². The Kier molecular flexibility index (Phi) is 7.79. The molecule has 2 aromatic carbocycles. The summed E-state index contributed by atoms with van der Waals surface area (Å²) in [6, 6.07) is 12.6. The van der Waals surface area contributed by atoms with Gasteiger partial charge >= 0.3 is 6.09 Å². The van der Waals surface area contributed by atoms with E-state index in [0.717, 1.165) is 10.0 Å². The SMILES string of the molecule is CN(C(=O)c1ccc(Br)cc1)[C@@H]1CCN(C(=O)OC(C)(C)C)C[C@H]1c1ccc(Cl)c(Cl)c1. The number of carbonyl (C=O) groups is 2. The smallest absolute Gasteiger partial charge is 0.410 e. The third-order valence-corrected chi connectivity index (χ3v) is 6.78. The fraction of sp³-hybridized carbons (Fsp3) is 0.417. The lowest BCUT2D eigenvalue weighted by Crippen LogP contribution is -2.52. The number of likely N-dealkylation sites (N-methyl/N-ethyl adjacent to an activating group) is 1. The topological polar surface area (TPSA) is 49.9 Å². The van der Waals surface area contributed by atoms with Gasteiger partial charge in [0.05, 0.1) is 10.0 Å². The van der Waals surface area contributed by atoms with E-state index in [2.05, 4.69) is 15.9 Å². The molecule has 1 aliphatic heterocycles. The van der Waals surface area contributed by atoms with Crippen molar-refractivity contribution >= 4 is 51.1 Å². The molecule has 1 fully saturated rings. The maximum Gasteiger partial charge on any atom is 0.410 e. The van der Waals surface area contributed by atoms with Gasteiger partial charge in [0.1, 0.15) is 5.60 Å². The first-order chi connectivity index (χ1) is 15.0. The van der Waals surface area contributed by atoms with Gasteiger partial charge in [-0.05, 0) is 69.2 Å². The van der Waals surface area contributed by atoms with Crippen LogP contribution in [0.1, 0.15) is 49.0 Å². The van der Waals surface area contributed by atoms with Crippen molar-refractivity contribution in [3.05, 3.63) is 68.1 Å². The fourth-order valence-corrected chi connectivity index (χ4v) is 4.48. The summed E-state index contributed by atoms with van der Waals surface area (Å²) in [4.78, 5) is 29.4. The second-order valence-corrected chi connectivity index (χ2v) is 10.7. The summed E-state index contributed by atoms with van der Waals surface area (Å²) in [7, 11) is 1.81. The van der Waals surface area contributed by atoms with Crippen molar-refractivity contribution < 1.29 is 14.3 Å². The summed E-state index contributed by atoms with van der Waals surface area (Å²) < 4.78 is 6.50. The third-order valence-electron chi connectivity index (χ3n) is 5.51. The zero-order valence-electron chi connectivity index (χ0n) is 18.6. The molecule has 3 rings (SSSR count). The van der Waals surface area contributed by atoms with Crippen molar-refractivity contribution in [3.63, 3.8) is 0 Å². The molecule has 1 aliphatic rings. The van der Waals surface area contributed by atoms with Crippen LogP contribution in [0.2, 0.25) is 10.0 Å². The van der Waals surface area contributed by atoms with Gasteiger partial charge in [-0.15, -0.1) is 0 Å². The van der Waals surface area contributed by atoms with Crippen molar-refractivity contribution in [2.75, 3.05) is 20.1 Å². The Hall–Kier alpha value is -1.76. The molecule has 2 atom stereocenters. The van der Waals surface area contributed by atoms with Gasteiger partial charge in [0.2, 0.25) is 0 Å². The zero-order valence-corrected chi connectivity index (χ0v) is 21.7. The number of ether oxygens (including phenoxy) is 1. The molecule has 32 heavy (non-hydrogen) atoms. The van der Waals surface area contributed by atoms with Crippen molar-refractivity contribution in [1.29, 1.82) is 0 Å². The summed E-state index contributed by atoms with van der Waals surface area (Å²) in [5.74, 6) is -0.214. The van der Waals surface area contributed by atoms with Gasteiger partial charge in [-0.3, -0.25) is 4.79 Å². The lowest BCUT2D eigenvalue weighted by atomic mass is 9.85. The van der Waals surface area contributed by atoms with Crippen LogP contribution in [-0.4, -0.2) is 53.6 Å². The van der Waals surface area contributed by atoms with E-state index in [1.807, 2.05) is 52.1 Å². The number of benzene rings is 2. The third kappa shape index (κ3) is 5.97. The molecule has 0 radical (unpaired) electrons. The maximum absolute atomic E-state index is 13.2. The van der Waals surface area contributed by atoms with Crippen LogP contribution >= 0.6 is 39.1 Å². The molecule has 0 N–H and O–H groups in total. The molecule has 5 nitrogen and oxygen atoms in total. The molecule has 0 bridgehead atoms. The van der Waals surface area contributed by atoms with Gasteiger partial charge in [0.15, 0.2) is 0 Å². The molecule has 0 aromatic heterocycles. The Morgan fingerprint density at radius 1 is 1.09 bits per heavy atom. The van der Waals surface area contributed by atoms with Crippen LogP contribution in [0.4, 0.5) is 4.79 Å². The predicted octanol–water partition coefficient (Wildman–Crippen LogP) is 6.62. The summed E-state index contributed by atoms with van der Waals surface area (Å²) in [6.45, 7) is 6.45. The van der Waals surface area contributed by atoms with Crippen molar-refractivity contribution in [2.24, 2.45) is 0 Å². The first-order valence-corrected chi connectivity index (χ1v) is 12.0. The Morgan fingerprint density at radius 3 is 2.34 bits per heavy atom. The molecule has 0 aliphatic carbocycles. The van der Waals surface area contributed by atoms with E-state index in [1.54, 1.807) is 28.0 Å². The molecule has 8 heteroatoms. The number of halogens is 3. The van der Waals surface area contributed by atoms with Gasteiger partial charge < -0.3 is 14.5 Å². The van der Waals surface area contributed by atoms with E-state index in [4.69, 9.17) is 27.9 Å². The molecule has 0 saturated carbocycles. The molecular weight excluding hydrogens is 515 g/mol. The van der Waals surface area contributed by atoms with Gasteiger partial charge in [-0.1, -0.05) is 45.2 Å². The standard InChI is InChI=1S/C24H27BrCl2N2O3/c1-24(2,3)32-23(31)29-12-11-21(18(14-29)16-7-10-19(26)20(27)13-16)28(4)22(30)15-5-8-17(25)9-6-15/h5-10,13,18,21H,11-12,14H2,1-4H3/t18-,21+/m0/s1. The first kappa shape index (κ1) is 24.9. The lowest BCUT2D eigenvalue weighted by Gasteiger charge is -2.43. The highest BCUT2D eigenvalue weighted by Crippen LogP contribution is 2.35. The van der Waals surface area contributed by atoms with Gasteiger partial charge in [-0.25, -0.2) is 4.79 Å². The van der Waals surface area contributed by atoms with E-state index < -0.39 is 5.60 Å². The summed E-state index contributed by atoms with van der Waals surface area (Å²) >= 11 is 15.8. The number of piperidine rings is 1. The Labute approximate surface area is 207 Å². The number of carbonyl (C=O) groups excluding carboxylic acids is 2. The van der Waals surface area contributed by atoms with E-state index in [1.165, 1.54) is 0 Å². The zero-order chi connectivity index (χ0) is 23.6. The van der Waals surface area contributed by atoms with E-state index in [9.17, 15) is 9.59 Å². The Balaban J connectivity index is 1.89. The number of amides is 2. The number of nitrogens with zero attached hydrogens (tertiary/aromatic N) is 2.